The zero-order chi connectivity index (χ0) is 12.3. The van der Waals surface area contributed by atoms with Crippen molar-refractivity contribution in [3.05, 3.63) is 27.8 Å². The fourth-order valence-electron chi connectivity index (χ4n) is 0.816. The summed E-state index contributed by atoms with van der Waals surface area (Å²) in [5.74, 6) is -1.85. The molecule has 0 atom stereocenters. The summed E-state index contributed by atoms with van der Waals surface area (Å²) in [6.07, 6.45) is -0.989. The number of pyridine rings is 1. The first kappa shape index (κ1) is 12.7. The molecular weight excluding hydrogens is 262 g/mol. The lowest BCUT2D eigenvalue weighted by atomic mass is 10.2. The maximum absolute atomic E-state index is 13.0. The Morgan fingerprint density at radius 1 is 1.44 bits per heavy atom. The zero-order valence-electron chi connectivity index (χ0n) is 7.88. The molecule has 0 saturated heterocycles. The third kappa shape index (κ3) is 2.80. The van der Waals surface area contributed by atoms with Crippen molar-refractivity contribution in [1.82, 2.24) is 10.3 Å². The number of carbonyl (C=O) groups is 2. The minimum Gasteiger partial charge on any atom is -0.453 e. The van der Waals surface area contributed by atoms with Crippen LogP contribution in [0.25, 0.3) is 0 Å². The molecule has 0 unspecified atom stereocenters. The van der Waals surface area contributed by atoms with Crippen LogP contribution < -0.4 is 5.32 Å². The maximum Gasteiger partial charge on any atom is 0.413 e. The first-order valence-corrected chi connectivity index (χ1v) is 4.62. The van der Waals surface area contributed by atoms with Gasteiger partial charge in [0, 0.05) is 0 Å². The van der Waals surface area contributed by atoms with E-state index in [9.17, 15) is 14.0 Å². The molecule has 0 bridgehead atoms. The molecule has 1 heterocycles. The minimum atomic E-state index is -0.989. The Labute approximate surface area is 99.5 Å². The first-order chi connectivity index (χ1) is 7.45. The average Bonchev–Trinajstić information content (AvgIpc) is 2.23. The molecule has 0 fully saturated rings. The van der Waals surface area contributed by atoms with Crippen molar-refractivity contribution in [2.45, 2.75) is 0 Å². The molecule has 0 spiro atoms. The molecule has 0 aliphatic heterocycles. The van der Waals surface area contributed by atoms with Gasteiger partial charge in [0.2, 0.25) is 0 Å². The van der Waals surface area contributed by atoms with Crippen LogP contribution in [0.5, 0.6) is 0 Å². The van der Waals surface area contributed by atoms with Crippen molar-refractivity contribution in [1.29, 1.82) is 0 Å². The number of hydrogen-bond acceptors (Lipinski definition) is 4. The van der Waals surface area contributed by atoms with Crippen LogP contribution >= 0.6 is 23.2 Å². The van der Waals surface area contributed by atoms with Crippen LogP contribution in [0.4, 0.5) is 9.18 Å². The van der Waals surface area contributed by atoms with Gasteiger partial charge >= 0.3 is 6.09 Å². The SMILES string of the molecule is COC(=O)NC(=O)c1cc(F)c(Cl)nc1Cl. The second-order valence-electron chi connectivity index (χ2n) is 2.55. The summed E-state index contributed by atoms with van der Waals surface area (Å²) >= 11 is 10.9. The van der Waals surface area contributed by atoms with E-state index in [1.165, 1.54) is 0 Å². The molecule has 0 aromatic carbocycles. The number of nitrogens with one attached hydrogen (secondary N) is 1. The normalized spacial score (nSPS) is 9.75. The number of carbonyl (C=O) groups excluding carboxylic acids is 2. The monoisotopic (exact) mass is 266 g/mol. The molecule has 8 heteroatoms. The molecule has 1 aromatic rings. The van der Waals surface area contributed by atoms with E-state index in [0.717, 1.165) is 13.2 Å². The third-order valence-corrected chi connectivity index (χ3v) is 2.09. The number of nitrogens with zero attached hydrogens (tertiary/aromatic N) is 1. The van der Waals surface area contributed by atoms with Crippen molar-refractivity contribution in [2.75, 3.05) is 7.11 Å². The molecule has 5 nitrogen and oxygen atoms in total. The predicted octanol–water partition coefficient (Wildman–Crippen LogP) is 2.02. The van der Waals surface area contributed by atoms with E-state index in [2.05, 4.69) is 9.72 Å². The quantitative estimate of drug-likeness (QED) is 0.790. The van der Waals surface area contributed by atoms with Gasteiger partial charge in [-0.3, -0.25) is 10.1 Å². The predicted molar refractivity (Wildman–Crippen MR) is 54.1 cm³/mol. The summed E-state index contributed by atoms with van der Waals surface area (Å²) in [5, 5.41) is 1.03. The van der Waals surface area contributed by atoms with Gasteiger partial charge in [0.15, 0.2) is 11.0 Å². The molecular formula is C8H5Cl2FN2O3. The largest absolute Gasteiger partial charge is 0.453 e. The van der Waals surface area contributed by atoms with Crippen LogP contribution in [0.3, 0.4) is 0 Å². The number of alkyl carbamates (subject to hydrolysis) is 1. The topological polar surface area (TPSA) is 68.3 Å². The highest BCUT2D eigenvalue weighted by molar-refractivity contribution is 6.34. The lowest BCUT2D eigenvalue weighted by Crippen LogP contribution is -2.30. The first-order valence-electron chi connectivity index (χ1n) is 3.86. The molecule has 16 heavy (non-hydrogen) atoms. The number of imide groups is 1. The number of hydrogen-bond donors (Lipinski definition) is 1. The summed E-state index contributed by atoms with van der Waals surface area (Å²) < 4.78 is 17.2. The van der Waals surface area contributed by atoms with Gasteiger partial charge in [-0.1, -0.05) is 23.2 Å². The Balaban J connectivity index is 3.00. The lowest BCUT2D eigenvalue weighted by molar-refractivity contribution is 0.0936. The summed E-state index contributed by atoms with van der Waals surface area (Å²) in [5.41, 5.74) is -0.311. The van der Waals surface area contributed by atoms with E-state index < -0.39 is 23.0 Å². The van der Waals surface area contributed by atoms with Gasteiger partial charge in [-0.25, -0.2) is 14.2 Å². The number of amides is 2. The highest BCUT2D eigenvalue weighted by Gasteiger charge is 2.17. The Bertz CT molecular complexity index is 453. The van der Waals surface area contributed by atoms with Gasteiger partial charge in [0.05, 0.1) is 12.7 Å². The van der Waals surface area contributed by atoms with Crippen molar-refractivity contribution in [3.8, 4) is 0 Å². The van der Waals surface area contributed by atoms with Crippen LogP contribution in [0.2, 0.25) is 10.3 Å². The zero-order valence-corrected chi connectivity index (χ0v) is 9.40. The van der Waals surface area contributed by atoms with E-state index in [1.807, 2.05) is 0 Å². The molecule has 1 N–H and O–H groups in total. The second kappa shape index (κ2) is 5.09. The Hall–Kier alpha value is -1.40. The van der Waals surface area contributed by atoms with Crippen molar-refractivity contribution in [3.63, 3.8) is 0 Å². The van der Waals surface area contributed by atoms with E-state index in [0.29, 0.717) is 0 Å². The highest BCUT2D eigenvalue weighted by atomic mass is 35.5. The number of aromatic nitrogens is 1. The van der Waals surface area contributed by atoms with Crippen LogP contribution in [-0.2, 0) is 4.74 Å². The van der Waals surface area contributed by atoms with E-state index in [4.69, 9.17) is 23.2 Å². The minimum absolute atomic E-state index is 0.311. The smallest absolute Gasteiger partial charge is 0.413 e. The van der Waals surface area contributed by atoms with Crippen LogP contribution in [0.15, 0.2) is 6.07 Å². The number of methoxy groups -OCH3 is 1. The Morgan fingerprint density at radius 3 is 2.62 bits per heavy atom. The van der Waals surface area contributed by atoms with Gasteiger partial charge in [-0.15, -0.1) is 0 Å². The van der Waals surface area contributed by atoms with E-state index in [1.54, 1.807) is 5.32 Å². The summed E-state index contributed by atoms with van der Waals surface area (Å²) in [6.45, 7) is 0. The van der Waals surface area contributed by atoms with Crippen molar-refractivity contribution < 1.29 is 18.7 Å². The van der Waals surface area contributed by atoms with E-state index in [-0.39, 0.29) is 10.7 Å². The van der Waals surface area contributed by atoms with Crippen LogP contribution in [0, 0.1) is 5.82 Å². The second-order valence-corrected chi connectivity index (χ2v) is 3.26. The summed E-state index contributed by atoms with van der Waals surface area (Å²) in [6, 6.07) is 0.774. The molecule has 2 amide bonds. The highest BCUT2D eigenvalue weighted by Crippen LogP contribution is 2.20. The third-order valence-electron chi connectivity index (χ3n) is 1.53. The number of halogens is 3. The van der Waals surface area contributed by atoms with Crippen LogP contribution in [-0.4, -0.2) is 24.1 Å². The fourth-order valence-corrected chi connectivity index (χ4v) is 1.22. The van der Waals surface area contributed by atoms with Crippen molar-refractivity contribution >= 4 is 35.2 Å². The fraction of sp³-hybridized carbons (Fsp3) is 0.125. The summed E-state index contributed by atoms with van der Waals surface area (Å²) in [7, 11) is 1.07. The molecule has 1 rings (SSSR count). The number of rotatable bonds is 1. The molecule has 0 aliphatic carbocycles. The van der Waals surface area contributed by atoms with Gasteiger partial charge in [0.1, 0.15) is 5.15 Å². The van der Waals surface area contributed by atoms with Gasteiger partial charge < -0.3 is 4.74 Å². The van der Waals surface area contributed by atoms with Crippen molar-refractivity contribution in [2.24, 2.45) is 0 Å². The standard InChI is InChI=1S/C8H5Cl2FN2O3/c1-16-8(15)13-7(14)3-2-4(11)6(10)12-5(3)9/h2H,1H3,(H,13,14,15). The Morgan fingerprint density at radius 2 is 2.06 bits per heavy atom. The summed E-state index contributed by atoms with van der Waals surface area (Å²) in [4.78, 5) is 25.4. The molecule has 0 aliphatic rings. The average molecular weight is 267 g/mol. The van der Waals surface area contributed by atoms with Gasteiger partial charge in [-0.05, 0) is 6.07 Å². The van der Waals surface area contributed by atoms with Crippen LogP contribution in [0.1, 0.15) is 10.4 Å². The molecule has 0 saturated carbocycles. The lowest BCUT2D eigenvalue weighted by Gasteiger charge is -2.04. The molecule has 1 aromatic heterocycles. The molecule has 0 radical (unpaired) electrons. The Kier molecular flexibility index (Phi) is 4.03. The van der Waals surface area contributed by atoms with Gasteiger partial charge in [0.25, 0.3) is 5.91 Å². The number of ether oxygens (including phenoxy) is 1. The van der Waals surface area contributed by atoms with E-state index >= 15 is 0 Å². The van der Waals surface area contributed by atoms with Gasteiger partial charge in [-0.2, -0.15) is 0 Å². The maximum atomic E-state index is 13.0. The molecule has 86 valence electrons.